The lowest BCUT2D eigenvalue weighted by Crippen LogP contribution is -1.89. The third-order valence-electron chi connectivity index (χ3n) is 3.57. The molecule has 0 spiro atoms. The summed E-state index contributed by atoms with van der Waals surface area (Å²) in [5.41, 5.74) is 5.15. The second-order valence-electron chi connectivity index (χ2n) is 5.11. The lowest BCUT2D eigenvalue weighted by Gasteiger charge is -2.07. The molecular weight excluding hydrogens is 288 g/mol. The van der Waals surface area contributed by atoms with Crippen molar-refractivity contribution in [2.75, 3.05) is 0 Å². The first-order valence-electron chi connectivity index (χ1n) is 7.22. The third kappa shape index (κ3) is 2.55. The fourth-order valence-corrected chi connectivity index (χ4v) is 3.44. The molecule has 1 heterocycles. The Morgan fingerprint density at radius 2 is 1.32 bits per heavy atom. The Bertz CT molecular complexity index is 935. The number of benzene rings is 3. The highest BCUT2D eigenvalue weighted by Crippen LogP contribution is 2.29. The van der Waals surface area contributed by atoms with E-state index in [2.05, 4.69) is 36.4 Å². The molecule has 1 aromatic heterocycles. The zero-order chi connectivity index (χ0) is 14.8. The topological polar surface area (TPSA) is 25.8 Å². The molecule has 2 nitrogen and oxygen atoms in total. The molecule has 0 atom stereocenters. The van der Waals surface area contributed by atoms with Crippen molar-refractivity contribution in [3.63, 3.8) is 0 Å². The molecule has 0 aliphatic heterocycles. The monoisotopic (exact) mass is 302 g/mol. The fraction of sp³-hybridized carbons (Fsp3) is 0.0526. The number of aromatic nitrogens is 2. The highest BCUT2D eigenvalue weighted by molar-refractivity contribution is 7.98. The molecule has 0 saturated heterocycles. The van der Waals surface area contributed by atoms with Crippen LogP contribution in [0.15, 0.2) is 77.7 Å². The van der Waals surface area contributed by atoms with Crippen LogP contribution >= 0.6 is 11.8 Å². The average Bonchev–Trinajstić information content (AvgIpc) is 2.59. The summed E-state index contributed by atoms with van der Waals surface area (Å²) < 4.78 is 0. The maximum atomic E-state index is 4.81. The van der Waals surface area contributed by atoms with Crippen LogP contribution in [0.2, 0.25) is 0 Å². The smallest absolute Gasteiger partial charge is 0.103 e. The van der Waals surface area contributed by atoms with Gasteiger partial charge in [0.25, 0.3) is 0 Å². The lowest BCUT2D eigenvalue weighted by molar-refractivity contribution is 1.33. The molecule has 0 N–H and O–H groups in total. The van der Waals surface area contributed by atoms with Gasteiger partial charge in [-0.1, -0.05) is 48.5 Å². The Morgan fingerprint density at radius 1 is 0.636 bits per heavy atom. The van der Waals surface area contributed by atoms with Crippen molar-refractivity contribution < 1.29 is 0 Å². The van der Waals surface area contributed by atoms with Crippen LogP contribution < -0.4 is 0 Å². The molecule has 0 bridgehead atoms. The van der Waals surface area contributed by atoms with E-state index in [-0.39, 0.29) is 0 Å². The number of hydrogen-bond acceptors (Lipinski definition) is 3. The summed E-state index contributed by atoms with van der Waals surface area (Å²) in [4.78, 5) is 10.7. The van der Waals surface area contributed by atoms with Gasteiger partial charge in [-0.15, -0.1) is 11.8 Å². The van der Waals surface area contributed by atoms with Crippen LogP contribution in [-0.4, -0.2) is 9.97 Å². The minimum Gasteiger partial charge on any atom is -0.244 e. The average molecular weight is 302 g/mol. The Balaban J connectivity index is 1.75. The molecule has 4 rings (SSSR count). The van der Waals surface area contributed by atoms with E-state index < -0.39 is 0 Å². The zero-order valence-electron chi connectivity index (χ0n) is 11.9. The molecule has 0 amide bonds. The maximum absolute atomic E-state index is 4.81. The number of para-hydroxylation sites is 3. The van der Waals surface area contributed by atoms with E-state index in [1.54, 1.807) is 0 Å². The quantitative estimate of drug-likeness (QED) is 0.390. The summed E-state index contributed by atoms with van der Waals surface area (Å²) in [5, 5.41) is 0. The molecule has 106 valence electrons. The highest BCUT2D eigenvalue weighted by Gasteiger charge is 2.06. The summed E-state index contributed by atoms with van der Waals surface area (Å²) in [6, 6.07) is 24.7. The van der Waals surface area contributed by atoms with Crippen molar-refractivity contribution in [3.05, 3.63) is 78.4 Å². The predicted molar refractivity (Wildman–Crippen MR) is 93.0 cm³/mol. The first-order valence-corrected chi connectivity index (χ1v) is 8.21. The van der Waals surface area contributed by atoms with Crippen LogP contribution in [0.5, 0.6) is 0 Å². The van der Waals surface area contributed by atoms with Crippen LogP contribution in [0, 0.1) is 0 Å². The summed E-state index contributed by atoms with van der Waals surface area (Å²) in [7, 11) is 0. The van der Waals surface area contributed by atoms with Crippen molar-refractivity contribution >= 4 is 33.8 Å². The Labute approximate surface area is 133 Å². The van der Waals surface area contributed by atoms with Crippen molar-refractivity contribution in [1.29, 1.82) is 0 Å². The first-order chi connectivity index (χ1) is 10.9. The van der Waals surface area contributed by atoms with Crippen LogP contribution in [0.1, 0.15) is 5.56 Å². The van der Waals surface area contributed by atoms with Gasteiger partial charge in [0.1, 0.15) is 5.52 Å². The third-order valence-corrected chi connectivity index (χ3v) is 4.69. The van der Waals surface area contributed by atoms with Gasteiger partial charge in [0.15, 0.2) is 0 Å². The number of fused-ring (bicyclic) bond motifs is 2. The van der Waals surface area contributed by atoms with E-state index in [4.69, 9.17) is 9.97 Å². The number of thioether (sulfide) groups is 1. The Hall–Kier alpha value is -2.39. The van der Waals surface area contributed by atoms with Gasteiger partial charge in [-0.3, -0.25) is 0 Å². The van der Waals surface area contributed by atoms with Gasteiger partial charge in [0.05, 0.1) is 16.6 Å². The largest absolute Gasteiger partial charge is 0.244 e. The molecule has 0 radical (unpaired) electrons. The lowest BCUT2D eigenvalue weighted by atomic mass is 10.2. The van der Waals surface area contributed by atoms with Crippen LogP contribution in [0.3, 0.4) is 0 Å². The molecule has 4 aromatic rings. The van der Waals surface area contributed by atoms with Gasteiger partial charge in [-0.2, -0.15) is 0 Å². The standard InChI is InChI=1S/C19H14N2S/c1-2-7-14(8-3-1)13-22-18-12-6-11-17-19(18)21-16-10-5-4-9-15(16)20-17/h1-12H,13H2. The second-order valence-corrected chi connectivity index (χ2v) is 6.13. The molecule has 3 aromatic carbocycles. The summed E-state index contributed by atoms with van der Waals surface area (Å²) in [6.45, 7) is 0. The number of rotatable bonds is 3. The maximum Gasteiger partial charge on any atom is 0.103 e. The Morgan fingerprint density at radius 3 is 2.14 bits per heavy atom. The summed E-state index contributed by atoms with van der Waals surface area (Å²) in [6.07, 6.45) is 0. The summed E-state index contributed by atoms with van der Waals surface area (Å²) >= 11 is 1.81. The van der Waals surface area contributed by atoms with Gasteiger partial charge >= 0.3 is 0 Å². The second kappa shape index (κ2) is 5.78. The van der Waals surface area contributed by atoms with Gasteiger partial charge < -0.3 is 0 Å². The highest BCUT2D eigenvalue weighted by atomic mass is 32.2. The molecule has 0 saturated carbocycles. The molecular formula is C19H14N2S. The van der Waals surface area contributed by atoms with E-state index in [1.807, 2.05) is 48.2 Å². The molecule has 3 heteroatoms. The van der Waals surface area contributed by atoms with Gasteiger partial charge in [-0.25, -0.2) is 9.97 Å². The number of nitrogens with zero attached hydrogens (tertiary/aromatic N) is 2. The molecule has 0 unspecified atom stereocenters. The number of hydrogen-bond donors (Lipinski definition) is 0. The van der Waals surface area contributed by atoms with Crippen molar-refractivity contribution in [2.45, 2.75) is 10.6 Å². The van der Waals surface area contributed by atoms with Crippen molar-refractivity contribution in [1.82, 2.24) is 9.97 Å². The molecule has 22 heavy (non-hydrogen) atoms. The zero-order valence-corrected chi connectivity index (χ0v) is 12.8. The van der Waals surface area contributed by atoms with Gasteiger partial charge in [0.2, 0.25) is 0 Å². The first kappa shape index (κ1) is 13.3. The predicted octanol–water partition coefficient (Wildman–Crippen LogP) is 5.08. The van der Waals surface area contributed by atoms with E-state index in [0.29, 0.717) is 0 Å². The minimum absolute atomic E-state index is 0.939. The van der Waals surface area contributed by atoms with Crippen molar-refractivity contribution in [3.8, 4) is 0 Å². The van der Waals surface area contributed by atoms with Crippen LogP contribution in [-0.2, 0) is 5.75 Å². The molecule has 0 aliphatic rings. The van der Waals surface area contributed by atoms with E-state index in [9.17, 15) is 0 Å². The van der Waals surface area contributed by atoms with Crippen LogP contribution in [0.4, 0.5) is 0 Å². The van der Waals surface area contributed by atoms with Crippen molar-refractivity contribution in [2.24, 2.45) is 0 Å². The van der Waals surface area contributed by atoms with E-state index in [0.717, 1.165) is 27.8 Å². The molecule has 0 aliphatic carbocycles. The fourth-order valence-electron chi connectivity index (χ4n) is 2.47. The SMILES string of the molecule is c1ccc(CSc2cccc3nc4ccccc4nc23)cc1. The molecule has 0 fully saturated rings. The van der Waals surface area contributed by atoms with Crippen LogP contribution in [0.25, 0.3) is 22.1 Å². The van der Waals surface area contributed by atoms with E-state index >= 15 is 0 Å². The van der Waals surface area contributed by atoms with Gasteiger partial charge in [-0.05, 0) is 29.8 Å². The summed E-state index contributed by atoms with van der Waals surface area (Å²) in [5.74, 6) is 0.939. The van der Waals surface area contributed by atoms with E-state index in [1.165, 1.54) is 10.5 Å². The minimum atomic E-state index is 0.939. The van der Waals surface area contributed by atoms with Gasteiger partial charge in [0, 0.05) is 10.6 Å². The normalized spacial score (nSPS) is 11.1. The Kier molecular flexibility index (Phi) is 3.49.